The first-order chi connectivity index (χ1) is 8.72. The van der Waals surface area contributed by atoms with Gasteiger partial charge in [0.05, 0.1) is 12.2 Å². The average molecular weight is 301 g/mol. The van der Waals surface area contributed by atoms with Crippen LogP contribution in [0.4, 0.5) is 0 Å². The first kappa shape index (κ1) is 11.5. The zero-order valence-corrected chi connectivity index (χ0v) is 11.7. The summed E-state index contributed by atoms with van der Waals surface area (Å²) in [6.07, 6.45) is 2.11. The molecule has 3 aromatic rings. The van der Waals surface area contributed by atoms with Crippen molar-refractivity contribution in [3.05, 3.63) is 64.5 Å². The molecule has 2 heterocycles. The van der Waals surface area contributed by atoms with Crippen LogP contribution in [0.5, 0.6) is 0 Å². The fraction of sp³-hybridized carbons (Fsp3) is 0.133. The van der Waals surface area contributed by atoms with Gasteiger partial charge in [-0.05, 0) is 43.3 Å². The largest absolute Gasteiger partial charge is 0.341 e. The van der Waals surface area contributed by atoms with E-state index in [1.165, 1.54) is 10.9 Å². The Kier molecular flexibility index (Phi) is 2.92. The minimum absolute atomic E-state index is 0.812. The summed E-state index contributed by atoms with van der Waals surface area (Å²) >= 11 is 3.50. The van der Waals surface area contributed by atoms with Gasteiger partial charge in [-0.2, -0.15) is 0 Å². The second-order valence-electron chi connectivity index (χ2n) is 4.42. The molecule has 0 atom stereocenters. The third kappa shape index (κ3) is 2.18. The maximum absolute atomic E-state index is 4.54. The summed E-state index contributed by atoms with van der Waals surface area (Å²) in [5, 5.41) is 1.25. The molecule has 0 saturated carbocycles. The molecule has 0 saturated heterocycles. The average Bonchev–Trinajstić information content (AvgIpc) is 2.72. The predicted molar refractivity (Wildman–Crippen MR) is 77.7 cm³/mol. The SMILES string of the molecule is Cc1cccc(Cn2ccc3cc(Br)ccc32)n1. The smallest absolute Gasteiger partial charge is 0.0648 e. The van der Waals surface area contributed by atoms with Gasteiger partial charge in [0.25, 0.3) is 0 Å². The van der Waals surface area contributed by atoms with Crippen LogP contribution < -0.4 is 0 Å². The summed E-state index contributed by atoms with van der Waals surface area (Å²) in [4.78, 5) is 4.54. The molecule has 1 aromatic carbocycles. The number of rotatable bonds is 2. The highest BCUT2D eigenvalue weighted by atomic mass is 79.9. The zero-order valence-electron chi connectivity index (χ0n) is 10.1. The molecular weight excluding hydrogens is 288 g/mol. The topological polar surface area (TPSA) is 17.8 Å². The summed E-state index contributed by atoms with van der Waals surface area (Å²) in [6.45, 7) is 2.83. The van der Waals surface area contributed by atoms with E-state index in [2.05, 4.69) is 68.1 Å². The Balaban J connectivity index is 2.00. The zero-order chi connectivity index (χ0) is 12.5. The quantitative estimate of drug-likeness (QED) is 0.695. The van der Waals surface area contributed by atoms with Crippen molar-refractivity contribution in [1.29, 1.82) is 0 Å². The summed E-state index contributed by atoms with van der Waals surface area (Å²) in [5.41, 5.74) is 3.39. The van der Waals surface area contributed by atoms with Gasteiger partial charge in [0.15, 0.2) is 0 Å². The molecule has 0 bridgehead atoms. The minimum atomic E-state index is 0.812. The van der Waals surface area contributed by atoms with E-state index >= 15 is 0 Å². The van der Waals surface area contributed by atoms with Crippen LogP contribution in [0.3, 0.4) is 0 Å². The molecule has 18 heavy (non-hydrogen) atoms. The van der Waals surface area contributed by atoms with E-state index in [0.29, 0.717) is 0 Å². The third-order valence-corrected chi connectivity index (χ3v) is 3.50. The van der Waals surface area contributed by atoms with Crippen LogP contribution in [-0.2, 0) is 6.54 Å². The van der Waals surface area contributed by atoms with Crippen molar-refractivity contribution < 1.29 is 0 Å². The van der Waals surface area contributed by atoms with Gasteiger partial charge in [0.2, 0.25) is 0 Å². The molecule has 0 aliphatic heterocycles. The molecule has 2 aromatic heterocycles. The van der Waals surface area contributed by atoms with Crippen molar-refractivity contribution in [2.75, 3.05) is 0 Å². The number of benzene rings is 1. The molecule has 0 aliphatic carbocycles. The summed E-state index contributed by atoms with van der Waals surface area (Å²) in [6, 6.07) is 14.6. The number of aromatic nitrogens is 2. The lowest BCUT2D eigenvalue weighted by Crippen LogP contribution is -2.00. The second kappa shape index (κ2) is 4.58. The molecular formula is C15H13BrN2. The van der Waals surface area contributed by atoms with Crippen LogP contribution in [0.15, 0.2) is 53.1 Å². The van der Waals surface area contributed by atoms with E-state index in [1.54, 1.807) is 0 Å². The maximum Gasteiger partial charge on any atom is 0.0648 e. The fourth-order valence-corrected chi connectivity index (χ4v) is 2.55. The summed E-state index contributed by atoms with van der Waals surface area (Å²) in [5.74, 6) is 0. The highest BCUT2D eigenvalue weighted by molar-refractivity contribution is 9.10. The molecule has 0 N–H and O–H groups in total. The van der Waals surface area contributed by atoms with Gasteiger partial charge in [-0.3, -0.25) is 4.98 Å². The van der Waals surface area contributed by atoms with Crippen LogP contribution >= 0.6 is 15.9 Å². The molecule has 90 valence electrons. The van der Waals surface area contributed by atoms with Crippen LogP contribution in [0.1, 0.15) is 11.4 Å². The van der Waals surface area contributed by atoms with Gasteiger partial charge in [-0.1, -0.05) is 22.0 Å². The normalized spacial score (nSPS) is 11.0. The van der Waals surface area contributed by atoms with E-state index in [1.807, 2.05) is 13.0 Å². The number of aryl methyl sites for hydroxylation is 1. The maximum atomic E-state index is 4.54. The van der Waals surface area contributed by atoms with Crippen molar-refractivity contribution in [3.8, 4) is 0 Å². The van der Waals surface area contributed by atoms with E-state index < -0.39 is 0 Å². The Labute approximate surface area is 114 Å². The first-order valence-electron chi connectivity index (χ1n) is 5.89. The molecule has 0 aliphatic rings. The number of hydrogen-bond acceptors (Lipinski definition) is 1. The Hall–Kier alpha value is -1.61. The minimum Gasteiger partial charge on any atom is -0.341 e. The van der Waals surface area contributed by atoms with E-state index in [0.717, 1.165) is 22.4 Å². The standard InChI is InChI=1S/C15H13BrN2/c1-11-3-2-4-14(17-11)10-18-8-7-12-9-13(16)5-6-15(12)18/h2-9H,10H2,1H3. The lowest BCUT2D eigenvalue weighted by atomic mass is 10.2. The van der Waals surface area contributed by atoms with Gasteiger partial charge < -0.3 is 4.57 Å². The van der Waals surface area contributed by atoms with Crippen LogP contribution in [0.25, 0.3) is 10.9 Å². The van der Waals surface area contributed by atoms with E-state index in [4.69, 9.17) is 0 Å². The number of hydrogen-bond donors (Lipinski definition) is 0. The number of pyridine rings is 1. The molecule has 0 spiro atoms. The number of halogens is 1. The van der Waals surface area contributed by atoms with Crippen molar-refractivity contribution in [1.82, 2.24) is 9.55 Å². The highest BCUT2D eigenvalue weighted by Crippen LogP contribution is 2.21. The molecule has 2 nitrogen and oxygen atoms in total. The summed E-state index contributed by atoms with van der Waals surface area (Å²) in [7, 11) is 0. The lowest BCUT2D eigenvalue weighted by molar-refractivity contribution is 0.802. The Morgan fingerprint density at radius 1 is 1.17 bits per heavy atom. The molecule has 3 heteroatoms. The van der Waals surface area contributed by atoms with Crippen LogP contribution in [-0.4, -0.2) is 9.55 Å². The predicted octanol–water partition coefficient (Wildman–Crippen LogP) is 4.16. The highest BCUT2D eigenvalue weighted by Gasteiger charge is 2.03. The van der Waals surface area contributed by atoms with Crippen molar-refractivity contribution in [2.24, 2.45) is 0 Å². The third-order valence-electron chi connectivity index (χ3n) is 3.01. The Morgan fingerprint density at radius 2 is 2.06 bits per heavy atom. The van der Waals surface area contributed by atoms with Gasteiger partial charge in [-0.15, -0.1) is 0 Å². The van der Waals surface area contributed by atoms with Crippen molar-refractivity contribution in [2.45, 2.75) is 13.5 Å². The van der Waals surface area contributed by atoms with E-state index in [-0.39, 0.29) is 0 Å². The number of nitrogens with zero attached hydrogens (tertiary/aromatic N) is 2. The molecule has 0 amide bonds. The molecule has 0 fully saturated rings. The Morgan fingerprint density at radius 3 is 2.89 bits per heavy atom. The van der Waals surface area contributed by atoms with Crippen LogP contribution in [0, 0.1) is 6.92 Å². The Bertz CT molecular complexity index is 701. The van der Waals surface area contributed by atoms with Gasteiger partial charge in [-0.25, -0.2) is 0 Å². The van der Waals surface area contributed by atoms with Gasteiger partial charge >= 0.3 is 0 Å². The monoisotopic (exact) mass is 300 g/mol. The van der Waals surface area contributed by atoms with Gasteiger partial charge in [0, 0.05) is 27.3 Å². The summed E-state index contributed by atoms with van der Waals surface area (Å²) < 4.78 is 3.34. The first-order valence-corrected chi connectivity index (χ1v) is 6.68. The van der Waals surface area contributed by atoms with Crippen molar-refractivity contribution >= 4 is 26.8 Å². The van der Waals surface area contributed by atoms with Crippen LogP contribution in [0.2, 0.25) is 0 Å². The fourth-order valence-electron chi connectivity index (χ4n) is 2.17. The van der Waals surface area contributed by atoms with Crippen molar-refractivity contribution in [3.63, 3.8) is 0 Å². The molecule has 3 rings (SSSR count). The number of fused-ring (bicyclic) bond motifs is 1. The van der Waals surface area contributed by atoms with E-state index in [9.17, 15) is 0 Å². The molecule has 0 radical (unpaired) electrons. The molecule has 0 unspecified atom stereocenters. The lowest BCUT2D eigenvalue weighted by Gasteiger charge is -2.06. The second-order valence-corrected chi connectivity index (χ2v) is 5.33. The van der Waals surface area contributed by atoms with Gasteiger partial charge in [0.1, 0.15) is 0 Å².